The van der Waals surface area contributed by atoms with Crippen molar-refractivity contribution in [3.63, 3.8) is 0 Å². The lowest BCUT2D eigenvalue weighted by atomic mass is 9.93. The Hall–Kier alpha value is -0.830. The highest BCUT2D eigenvalue weighted by Crippen LogP contribution is 2.27. The zero-order valence-electron chi connectivity index (χ0n) is 18.6. The molecule has 2 heterocycles. The second kappa shape index (κ2) is 12.7. The summed E-state index contributed by atoms with van der Waals surface area (Å²) in [6.45, 7) is 18.6. The lowest BCUT2D eigenvalue weighted by Gasteiger charge is -2.39. The molecule has 28 heavy (non-hydrogen) atoms. The molecule has 2 atom stereocenters. The molecule has 1 N–H and O–H groups in total. The number of nitrogens with one attached hydrogen (secondary N) is 1. The van der Waals surface area contributed by atoms with Gasteiger partial charge in [0.05, 0.1) is 12.4 Å². The maximum atomic E-state index is 4.95. The van der Waals surface area contributed by atoms with Crippen molar-refractivity contribution in [2.24, 2.45) is 10.9 Å². The van der Waals surface area contributed by atoms with Gasteiger partial charge in [-0.05, 0) is 53.4 Å². The monoisotopic (exact) mass is 504 g/mol. The van der Waals surface area contributed by atoms with E-state index in [1.54, 1.807) is 0 Å². The molecule has 1 aromatic rings. The molecule has 1 aromatic heterocycles. The normalized spacial score (nSPS) is 20.8. The van der Waals surface area contributed by atoms with Crippen LogP contribution in [0.1, 0.15) is 60.4 Å². The van der Waals surface area contributed by atoms with Crippen LogP contribution in [-0.4, -0.2) is 70.1 Å². The van der Waals surface area contributed by atoms with Crippen LogP contribution in [-0.2, 0) is 0 Å². The molecule has 162 valence electrons. The predicted molar refractivity (Wildman–Crippen MR) is 130 cm³/mol. The molecule has 0 radical (unpaired) electrons. The number of guanidine groups is 1. The summed E-state index contributed by atoms with van der Waals surface area (Å²) in [5.74, 6) is 1.72. The first-order valence-electron chi connectivity index (χ1n) is 10.7. The van der Waals surface area contributed by atoms with Crippen LogP contribution in [0, 0.1) is 5.92 Å². The first-order chi connectivity index (χ1) is 12.9. The zero-order valence-corrected chi connectivity index (χ0v) is 21.0. The average molecular weight is 505 g/mol. The Kier molecular flexibility index (Phi) is 11.4. The largest absolute Gasteiger partial charge is 0.357 e. The van der Waals surface area contributed by atoms with E-state index in [-0.39, 0.29) is 24.0 Å². The van der Waals surface area contributed by atoms with E-state index in [1.165, 1.54) is 6.42 Å². The van der Waals surface area contributed by atoms with Gasteiger partial charge in [-0.1, -0.05) is 6.92 Å². The van der Waals surface area contributed by atoms with Crippen molar-refractivity contribution in [1.82, 2.24) is 24.7 Å². The van der Waals surface area contributed by atoms with Crippen LogP contribution >= 0.6 is 24.0 Å². The van der Waals surface area contributed by atoms with E-state index in [4.69, 9.17) is 4.99 Å². The first-order valence-corrected chi connectivity index (χ1v) is 10.7. The molecule has 0 amide bonds. The SMILES string of the molecule is CCNC(=NCCCN(C(C)C)C(C)C)N1CCC(C)C(n2ccnc2)C1.I. The molecule has 2 unspecified atom stereocenters. The van der Waals surface area contributed by atoms with Crippen molar-refractivity contribution >= 4 is 29.9 Å². The number of hydrogen-bond acceptors (Lipinski definition) is 3. The molecular formula is C21H41IN6. The van der Waals surface area contributed by atoms with Gasteiger partial charge in [0.25, 0.3) is 0 Å². The Morgan fingerprint density at radius 1 is 1.29 bits per heavy atom. The third kappa shape index (κ3) is 7.21. The number of aliphatic imine (C=N–C) groups is 1. The van der Waals surface area contributed by atoms with Crippen LogP contribution in [0.4, 0.5) is 0 Å². The summed E-state index contributed by atoms with van der Waals surface area (Å²) in [6.07, 6.45) is 8.19. The van der Waals surface area contributed by atoms with E-state index in [1.807, 2.05) is 12.5 Å². The number of imidazole rings is 1. The Morgan fingerprint density at radius 3 is 2.57 bits per heavy atom. The summed E-state index contributed by atoms with van der Waals surface area (Å²) in [7, 11) is 0. The smallest absolute Gasteiger partial charge is 0.193 e. The number of rotatable bonds is 8. The van der Waals surface area contributed by atoms with Crippen molar-refractivity contribution in [2.75, 3.05) is 32.7 Å². The maximum Gasteiger partial charge on any atom is 0.193 e. The third-order valence-corrected chi connectivity index (χ3v) is 5.62. The van der Waals surface area contributed by atoms with Crippen LogP contribution in [0.15, 0.2) is 23.7 Å². The zero-order chi connectivity index (χ0) is 19.8. The molecule has 0 bridgehead atoms. The number of nitrogens with zero attached hydrogens (tertiary/aromatic N) is 5. The second-order valence-corrected chi connectivity index (χ2v) is 8.30. The fraction of sp³-hybridized carbons (Fsp3) is 0.810. The summed E-state index contributed by atoms with van der Waals surface area (Å²) in [6, 6.07) is 1.63. The van der Waals surface area contributed by atoms with Gasteiger partial charge >= 0.3 is 0 Å². The van der Waals surface area contributed by atoms with E-state index in [9.17, 15) is 0 Å². The van der Waals surface area contributed by atoms with Gasteiger partial charge < -0.3 is 14.8 Å². The molecule has 2 rings (SSSR count). The van der Waals surface area contributed by atoms with Crippen molar-refractivity contribution < 1.29 is 0 Å². The fourth-order valence-corrected chi connectivity index (χ4v) is 4.07. The minimum Gasteiger partial charge on any atom is -0.357 e. The van der Waals surface area contributed by atoms with Crippen molar-refractivity contribution in [3.05, 3.63) is 18.7 Å². The minimum atomic E-state index is 0. The summed E-state index contributed by atoms with van der Waals surface area (Å²) in [4.78, 5) is 14.2. The highest BCUT2D eigenvalue weighted by molar-refractivity contribution is 14.0. The van der Waals surface area contributed by atoms with E-state index in [0.29, 0.717) is 24.0 Å². The highest BCUT2D eigenvalue weighted by atomic mass is 127. The molecule has 1 saturated heterocycles. The number of piperidine rings is 1. The molecule has 0 aliphatic carbocycles. The van der Waals surface area contributed by atoms with Gasteiger partial charge in [-0.2, -0.15) is 0 Å². The third-order valence-electron chi connectivity index (χ3n) is 5.62. The lowest BCUT2D eigenvalue weighted by Crippen LogP contribution is -2.49. The van der Waals surface area contributed by atoms with Gasteiger partial charge in [0.15, 0.2) is 5.96 Å². The van der Waals surface area contributed by atoms with E-state index in [2.05, 4.69) is 72.4 Å². The summed E-state index contributed by atoms with van der Waals surface area (Å²) in [5.41, 5.74) is 0. The topological polar surface area (TPSA) is 48.7 Å². The van der Waals surface area contributed by atoms with Crippen molar-refractivity contribution in [3.8, 4) is 0 Å². The molecule has 0 aromatic carbocycles. The average Bonchev–Trinajstić information content (AvgIpc) is 3.15. The predicted octanol–water partition coefficient (Wildman–Crippen LogP) is 3.86. The van der Waals surface area contributed by atoms with E-state index >= 15 is 0 Å². The second-order valence-electron chi connectivity index (χ2n) is 8.30. The minimum absolute atomic E-state index is 0. The van der Waals surface area contributed by atoms with Crippen molar-refractivity contribution in [2.45, 2.75) is 72.5 Å². The maximum absolute atomic E-state index is 4.95. The Labute approximate surface area is 189 Å². The van der Waals surface area contributed by atoms with Crippen LogP contribution in [0.25, 0.3) is 0 Å². The van der Waals surface area contributed by atoms with Crippen molar-refractivity contribution in [1.29, 1.82) is 0 Å². The van der Waals surface area contributed by atoms with Crippen LogP contribution in [0.2, 0.25) is 0 Å². The van der Waals surface area contributed by atoms with Gasteiger partial charge in [0.1, 0.15) is 0 Å². The molecule has 1 aliphatic rings. The first kappa shape index (κ1) is 25.2. The van der Waals surface area contributed by atoms with E-state index in [0.717, 1.165) is 45.1 Å². The molecule has 7 heteroatoms. The molecular weight excluding hydrogens is 463 g/mol. The van der Waals surface area contributed by atoms with Crippen LogP contribution < -0.4 is 5.32 Å². The van der Waals surface area contributed by atoms with Gasteiger partial charge in [-0.15, -0.1) is 24.0 Å². The fourth-order valence-electron chi connectivity index (χ4n) is 4.07. The Bertz CT molecular complexity index is 549. The molecule has 1 fully saturated rings. The molecule has 1 aliphatic heterocycles. The summed E-state index contributed by atoms with van der Waals surface area (Å²) < 4.78 is 2.25. The van der Waals surface area contributed by atoms with Gasteiger partial charge in [-0.25, -0.2) is 4.98 Å². The van der Waals surface area contributed by atoms with E-state index < -0.39 is 0 Å². The number of halogens is 1. The summed E-state index contributed by atoms with van der Waals surface area (Å²) >= 11 is 0. The number of aromatic nitrogens is 2. The quantitative estimate of drug-likeness (QED) is 0.253. The number of likely N-dealkylation sites (tertiary alicyclic amines) is 1. The molecule has 6 nitrogen and oxygen atoms in total. The standard InChI is InChI=1S/C21H40N6.HI/c1-7-23-21(24-10-8-12-27(17(2)3)18(4)5)25-13-9-19(6)20(15-25)26-14-11-22-16-26;/h11,14,16-20H,7-10,12-13,15H2,1-6H3,(H,23,24);1H. The lowest BCUT2D eigenvalue weighted by molar-refractivity contribution is 0.173. The van der Waals surface area contributed by atoms with Crippen LogP contribution in [0.5, 0.6) is 0 Å². The highest BCUT2D eigenvalue weighted by Gasteiger charge is 2.28. The number of hydrogen-bond donors (Lipinski definition) is 1. The molecule has 0 spiro atoms. The van der Waals surface area contributed by atoms with Gasteiger partial charge in [0.2, 0.25) is 0 Å². The summed E-state index contributed by atoms with van der Waals surface area (Å²) in [5, 5.41) is 3.50. The Balaban J connectivity index is 0.00000392. The molecule has 0 saturated carbocycles. The van der Waals surface area contributed by atoms with Gasteiger partial charge in [0, 0.05) is 57.2 Å². The van der Waals surface area contributed by atoms with Crippen LogP contribution in [0.3, 0.4) is 0 Å². The van der Waals surface area contributed by atoms with Gasteiger partial charge in [-0.3, -0.25) is 9.89 Å². The Morgan fingerprint density at radius 2 is 2.00 bits per heavy atom.